The van der Waals surface area contributed by atoms with E-state index in [4.69, 9.17) is 4.74 Å². The Bertz CT molecular complexity index is 644. The zero-order valence-corrected chi connectivity index (χ0v) is 15.0. The molecule has 4 rings (SSSR count). The van der Waals surface area contributed by atoms with Crippen LogP contribution in [0.3, 0.4) is 0 Å². The SMILES string of the molecule is CN(C)C[C@H]1C[C@@H](O)CN1c1cc(N2CC3(CC=CCO3)C2)ncn1. The third kappa shape index (κ3) is 3.36. The molecule has 7 nitrogen and oxygen atoms in total. The number of ether oxygens (including phenoxy) is 1. The number of anilines is 2. The van der Waals surface area contributed by atoms with Crippen LogP contribution in [0, 0.1) is 0 Å². The third-order valence-corrected chi connectivity index (χ3v) is 5.33. The predicted octanol–water partition coefficient (Wildman–Crippen LogP) is 0.513. The highest BCUT2D eigenvalue weighted by atomic mass is 16.5. The first-order valence-electron chi connectivity index (χ1n) is 9.00. The van der Waals surface area contributed by atoms with Gasteiger partial charge in [0.15, 0.2) is 0 Å². The highest BCUT2D eigenvalue weighted by Crippen LogP contribution is 2.35. The molecule has 0 unspecified atom stereocenters. The monoisotopic (exact) mass is 345 g/mol. The molecule has 2 fully saturated rings. The number of nitrogens with zero attached hydrogens (tertiary/aromatic N) is 5. The molecule has 1 aromatic rings. The Labute approximate surface area is 148 Å². The van der Waals surface area contributed by atoms with Crippen LogP contribution in [-0.2, 0) is 4.74 Å². The molecule has 136 valence electrons. The largest absolute Gasteiger partial charge is 0.391 e. The molecule has 3 aliphatic rings. The molecule has 4 heterocycles. The highest BCUT2D eigenvalue weighted by molar-refractivity contribution is 5.54. The van der Waals surface area contributed by atoms with Crippen molar-refractivity contribution in [3.8, 4) is 0 Å². The molecule has 1 N–H and O–H groups in total. The summed E-state index contributed by atoms with van der Waals surface area (Å²) in [6.07, 6.45) is 7.39. The molecule has 0 amide bonds. The number of rotatable bonds is 4. The fourth-order valence-corrected chi connectivity index (χ4v) is 4.12. The van der Waals surface area contributed by atoms with Crippen LogP contribution < -0.4 is 9.80 Å². The summed E-state index contributed by atoms with van der Waals surface area (Å²) in [7, 11) is 4.12. The first kappa shape index (κ1) is 16.8. The van der Waals surface area contributed by atoms with Gasteiger partial charge < -0.3 is 24.5 Å². The van der Waals surface area contributed by atoms with E-state index in [1.165, 1.54) is 0 Å². The zero-order chi connectivity index (χ0) is 17.4. The van der Waals surface area contributed by atoms with Gasteiger partial charge in [0, 0.05) is 25.2 Å². The van der Waals surface area contributed by atoms with Gasteiger partial charge in [-0.3, -0.25) is 0 Å². The van der Waals surface area contributed by atoms with Crippen molar-refractivity contribution in [2.24, 2.45) is 0 Å². The van der Waals surface area contributed by atoms with Gasteiger partial charge in [-0.15, -0.1) is 0 Å². The van der Waals surface area contributed by atoms with E-state index in [0.717, 1.165) is 44.1 Å². The molecule has 25 heavy (non-hydrogen) atoms. The Morgan fingerprint density at radius 2 is 2.08 bits per heavy atom. The lowest BCUT2D eigenvalue weighted by atomic mass is 9.88. The fourth-order valence-electron chi connectivity index (χ4n) is 4.12. The maximum absolute atomic E-state index is 10.1. The maximum atomic E-state index is 10.1. The molecule has 0 saturated carbocycles. The number of hydrogen-bond donors (Lipinski definition) is 1. The molecule has 1 spiro atoms. The van der Waals surface area contributed by atoms with E-state index in [1.54, 1.807) is 6.33 Å². The average Bonchev–Trinajstić information content (AvgIpc) is 2.93. The summed E-state index contributed by atoms with van der Waals surface area (Å²) >= 11 is 0. The number of aliphatic hydroxyl groups excluding tert-OH is 1. The summed E-state index contributed by atoms with van der Waals surface area (Å²) in [6.45, 7) is 3.99. The van der Waals surface area contributed by atoms with Gasteiger partial charge >= 0.3 is 0 Å². The van der Waals surface area contributed by atoms with Gasteiger partial charge in [0.25, 0.3) is 0 Å². The number of aromatic nitrogens is 2. The van der Waals surface area contributed by atoms with Crippen LogP contribution in [0.1, 0.15) is 12.8 Å². The lowest BCUT2D eigenvalue weighted by molar-refractivity contribution is -0.0566. The lowest BCUT2D eigenvalue weighted by Crippen LogP contribution is -2.64. The molecule has 0 aliphatic carbocycles. The number of aliphatic hydroxyl groups is 1. The molecule has 7 heteroatoms. The summed E-state index contributed by atoms with van der Waals surface area (Å²) in [5.41, 5.74) is -0.0306. The van der Waals surface area contributed by atoms with Crippen LogP contribution in [0.4, 0.5) is 11.6 Å². The minimum atomic E-state index is -0.293. The van der Waals surface area contributed by atoms with Crippen molar-refractivity contribution in [3.05, 3.63) is 24.5 Å². The van der Waals surface area contributed by atoms with Gasteiger partial charge in [-0.25, -0.2) is 9.97 Å². The average molecular weight is 345 g/mol. The number of likely N-dealkylation sites (N-methyl/N-ethyl adjacent to an activating group) is 1. The van der Waals surface area contributed by atoms with Crippen molar-refractivity contribution in [1.82, 2.24) is 14.9 Å². The summed E-state index contributed by atoms with van der Waals surface area (Å²) in [4.78, 5) is 15.6. The second-order valence-corrected chi connectivity index (χ2v) is 7.72. The van der Waals surface area contributed by atoms with E-state index in [9.17, 15) is 5.11 Å². The maximum Gasteiger partial charge on any atom is 0.134 e. The van der Waals surface area contributed by atoms with Crippen molar-refractivity contribution < 1.29 is 9.84 Å². The Morgan fingerprint density at radius 1 is 1.28 bits per heavy atom. The number of β-amino-alcohol motifs (C(OH)–C–C–N with tert-alkyl or cyclic N) is 1. The molecular formula is C18H27N5O2. The zero-order valence-electron chi connectivity index (χ0n) is 15.0. The first-order chi connectivity index (χ1) is 12.0. The van der Waals surface area contributed by atoms with Gasteiger partial charge in [0.05, 0.1) is 25.8 Å². The van der Waals surface area contributed by atoms with E-state index in [2.05, 4.69) is 50.9 Å². The van der Waals surface area contributed by atoms with Crippen molar-refractivity contribution >= 4 is 11.6 Å². The molecule has 0 bridgehead atoms. The number of hydrogen-bond acceptors (Lipinski definition) is 7. The molecule has 0 radical (unpaired) electrons. The first-order valence-corrected chi connectivity index (χ1v) is 9.00. The smallest absolute Gasteiger partial charge is 0.134 e. The Morgan fingerprint density at radius 3 is 2.80 bits per heavy atom. The third-order valence-electron chi connectivity index (χ3n) is 5.33. The van der Waals surface area contributed by atoms with Crippen LogP contribution >= 0.6 is 0 Å². The predicted molar refractivity (Wildman–Crippen MR) is 97.0 cm³/mol. The Kier molecular flexibility index (Phi) is 4.39. The van der Waals surface area contributed by atoms with Crippen LogP contribution in [-0.4, -0.2) is 84.6 Å². The molecule has 0 aromatic carbocycles. The van der Waals surface area contributed by atoms with Crippen molar-refractivity contribution in [3.63, 3.8) is 0 Å². The quantitative estimate of drug-likeness (QED) is 0.798. The van der Waals surface area contributed by atoms with Gasteiger partial charge in [-0.1, -0.05) is 12.2 Å². The van der Waals surface area contributed by atoms with E-state index >= 15 is 0 Å². The van der Waals surface area contributed by atoms with Crippen molar-refractivity contribution in [2.75, 3.05) is 56.7 Å². The van der Waals surface area contributed by atoms with Crippen LogP contribution in [0.5, 0.6) is 0 Å². The van der Waals surface area contributed by atoms with Crippen molar-refractivity contribution in [2.45, 2.75) is 30.6 Å². The van der Waals surface area contributed by atoms with Crippen molar-refractivity contribution in [1.29, 1.82) is 0 Å². The second-order valence-electron chi connectivity index (χ2n) is 7.72. The summed E-state index contributed by atoms with van der Waals surface area (Å²) < 4.78 is 5.94. The second kappa shape index (κ2) is 6.55. The highest BCUT2D eigenvalue weighted by Gasteiger charge is 2.45. The normalized spacial score (nSPS) is 28.0. The molecule has 2 atom stereocenters. The van der Waals surface area contributed by atoms with E-state index in [0.29, 0.717) is 13.2 Å². The lowest BCUT2D eigenvalue weighted by Gasteiger charge is -2.51. The van der Waals surface area contributed by atoms with Gasteiger partial charge in [0.2, 0.25) is 0 Å². The van der Waals surface area contributed by atoms with Gasteiger partial charge in [-0.05, 0) is 26.9 Å². The topological polar surface area (TPSA) is 65.0 Å². The van der Waals surface area contributed by atoms with Crippen LogP contribution in [0.15, 0.2) is 24.5 Å². The van der Waals surface area contributed by atoms with Gasteiger partial charge in [0.1, 0.15) is 23.6 Å². The Balaban J connectivity index is 1.47. The fraction of sp³-hybridized carbons (Fsp3) is 0.667. The molecule has 1 aromatic heterocycles. The summed E-state index contributed by atoms with van der Waals surface area (Å²) in [5.74, 6) is 1.84. The minimum Gasteiger partial charge on any atom is -0.391 e. The Hall–Kier alpha value is -1.70. The summed E-state index contributed by atoms with van der Waals surface area (Å²) in [5, 5.41) is 10.1. The van der Waals surface area contributed by atoms with Gasteiger partial charge in [-0.2, -0.15) is 0 Å². The van der Waals surface area contributed by atoms with Crippen LogP contribution in [0.2, 0.25) is 0 Å². The molecular weight excluding hydrogens is 318 g/mol. The standard InChI is InChI=1S/C18H27N5O2/c1-21(2)9-14-7-15(24)10-23(14)17-8-16(19-13-20-17)22-11-18(12-22)5-3-4-6-25-18/h3-4,8,13-15,24H,5-7,9-12H2,1-2H3/t14-,15-/m1/s1. The minimum absolute atomic E-state index is 0.0306. The summed E-state index contributed by atoms with van der Waals surface area (Å²) in [6, 6.07) is 2.33. The molecule has 3 aliphatic heterocycles. The van der Waals surface area contributed by atoms with Crippen LogP contribution in [0.25, 0.3) is 0 Å². The van der Waals surface area contributed by atoms with E-state index in [1.807, 2.05) is 6.07 Å². The molecule has 2 saturated heterocycles. The van der Waals surface area contributed by atoms with E-state index in [-0.39, 0.29) is 17.7 Å². The van der Waals surface area contributed by atoms with E-state index < -0.39 is 0 Å².